The maximum Gasteiger partial charge on any atom is 0.416 e. The van der Waals surface area contributed by atoms with Crippen LogP contribution in [-0.4, -0.2) is 18.5 Å². The molecule has 1 aliphatic heterocycles. The monoisotopic (exact) mass is 288 g/mol. The van der Waals surface area contributed by atoms with Gasteiger partial charge in [-0.2, -0.15) is 13.2 Å². The normalized spacial score (nSPS) is 17.6. The zero-order chi connectivity index (χ0) is 14.9. The first-order valence-corrected chi connectivity index (χ1v) is 5.90. The molecule has 20 heavy (non-hydrogen) atoms. The van der Waals surface area contributed by atoms with Crippen LogP contribution in [-0.2, 0) is 20.4 Å². The Labute approximate surface area is 112 Å². The quantitative estimate of drug-likeness (QED) is 0.802. The summed E-state index contributed by atoms with van der Waals surface area (Å²) < 4.78 is 47.5. The van der Waals surface area contributed by atoms with E-state index >= 15 is 0 Å². The molecule has 1 aromatic carbocycles. The fraction of sp³-hybridized carbons (Fsp3) is 0.385. The Morgan fingerprint density at radius 1 is 1.40 bits per heavy atom. The highest BCUT2D eigenvalue weighted by Gasteiger charge is 2.37. The molecule has 4 nitrogen and oxygen atoms in total. The highest BCUT2D eigenvalue weighted by Crippen LogP contribution is 2.38. The van der Waals surface area contributed by atoms with Crippen molar-refractivity contribution in [3.05, 3.63) is 34.9 Å². The third kappa shape index (κ3) is 2.76. The van der Waals surface area contributed by atoms with Gasteiger partial charge in [-0.15, -0.1) is 0 Å². The van der Waals surface area contributed by atoms with Gasteiger partial charge < -0.3 is 9.47 Å². The lowest BCUT2D eigenvalue weighted by Crippen LogP contribution is -2.11. The number of fused-ring (bicyclic) bond motifs is 1. The zero-order valence-corrected chi connectivity index (χ0v) is 10.5. The number of ether oxygens (including phenoxy) is 2. The van der Waals surface area contributed by atoms with Crippen molar-refractivity contribution in [2.45, 2.75) is 25.6 Å². The number of carbonyl (C=O) groups is 2. The smallest absolute Gasteiger partial charge is 0.416 e. The number of hydrogen-bond donors (Lipinski definition) is 0. The number of cyclic esters (lactones) is 1. The van der Waals surface area contributed by atoms with E-state index < -0.39 is 29.8 Å². The molecule has 108 valence electrons. The average molecular weight is 288 g/mol. The van der Waals surface area contributed by atoms with Crippen molar-refractivity contribution in [1.29, 1.82) is 0 Å². The third-order valence-corrected chi connectivity index (χ3v) is 2.85. The van der Waals surface area contributed by atoms with E-state index in [1.54, 1.807) is 6.92 Å². The summed E-state index contributed by atoms with van der Waals surface area (Å²) in [5, 5.41) is 0. The second-order valence-electron chi connectivity index (χ2n) is 4.20. The molecule has 0 saturated carbocycles. The first-order valence-electron chi connectivity index (χ1n) is 5.90. The summed E-state index contributed by atoms with van der Waals surface area (Å²) in [5.41, 5.74) is -0.770. The van der Waals surface area contributed by atoms with Crippen molar-refractivity contribution in [2.75, 3.05) is 6.61 Å². The number of benzene rings is 1. The summed E-state index contributed by atoms with van der Waals surface area (Å²) in [6, 6.07) is 2.71. The summed E-state index contributed by atoms with van der Waals surface area (Å²) >= 11 is 0. The Bertz CT molecular complexity index is 551. The molecule has 0 spiro atoms. The van der Waals surface area contributed by atoms with Crippen LogP contribution in [0.2, 0.25) is 0 Å². The molecule has 1 aliphatic rings. The third-order valence-electron chi connectivity index (χ3n) is 2.85. The lowest BCUT2D eigenvalue weighted by molar-refractivity contribution is -0.145. The number of carbonyl (C=O) groups excluding carboxylic acids is 2. The van der Waals surface area contributed by atoms with Gasteiger partial charge in [0.05, 0.1) is 24.2 Å². The molecule has 0 radical (unpaired) electrons. The number of alkyl halides is 3. The van der Waals surface area contributed by atoms with Crippen molar-refractivity contribution in [3.8, 4) is 0 Å². The summed E-state index contributed by atoms with van der Waals surface area (Å²) in [5.74, 6) is -1.36. The number of esters is 2. The van der Waals surface area contributed by atoms with Crippen LogP contribution < -0.4 is 0 Å². The number of halogens is 3. The average Bonchev–Trinajstić information content (AvgIpc) is 2.65. The minimum atomic E-state index is -4.52. The first-order chi connectivity index (χ1) is 9.32. The van der Waals surface area contributed by atoms with E-state index in [0.717, 1.165) is 18.2 Å². The Morgan fingerprint density at radius 3 is 2.70 bits per heavy atom. The van der Waals surface area contributed by atoms with E-state index in [4.69, 9.17) is 9.47 Å². The molecule has 0 fully saturated rings. The molecule has 0 aliphatic carbocycles. The fourth-order valence-corrected chi connectivity index (χ4v) is 1.97. The summed E-state index contributed by atoms with van der Waals surface area (Å²) in [7, 11) is 0. The predicted octanol–water partition coefficient (Wildman–Crippen LogP) is 2.87. The first kappa shape index (κ1) is 14.4. The minimum absolute atomic E-state index is 0.0484. The number of hydrogen-bond acceptors (Lipinski definition) is 4. The van der Waals surface area contributed by atoms with Gasteiger partial charge in [0.25, 0.3) is 0 Å². The van der Waals surface area contributed by atoms with Gasteiger partial charge in [-0.3, -0.25) is 4.79 Å². The molecule has 0 aromatic heterocycles. The van der Waals surface area contributed by atoms with Gasteiger partial charge in [0.15, 0.2) is 0 Å². The van der Waals surface area contributed by atoms with Gasteiger partial charge in [0.2, 0.25) is 0 Å². The highest BCUT2D eigenvalue weighted by atomic mass is 19.4. The number of rotatable bonds is 3. The van der Waals surface area contributed by atoms with Crippen LogP contribution in [0.4, 0.5) is 13.2 Å². The van der Waals surface area contributed by atoms with Crippen molar-refractivity contribution >= 4 is 11.9 Å². The van der Waals surface area contributed by atoms with E-state index in [-0.39, 0.29) is 24.2 Å². The SMILES string of the molecule is CCOC(=O)CC1OC(=O)c2ccc(C(F)(F)F)cc21. The lowest BCUT2D eigenvalue weighted by atomic mass is 10.00. The molecule has 0 bridgehead atoms. The van der Waals surface area contributed by atoms with Crippen LogP contribution in [0.25, 0.3) is 0 Å². The second kappa shape index (κ2) is 5.15. The molecule has 1 atom stereocenters. The van der Waals surface area contributed by atoms with E-state index in [1.807, 2.05) is 0 Å². The van der Waals surface area contributed by atoms with Crippen LogP contribution in [0, 0.1) is 0 Å². The van der Waals surface area contributed by atoms with Gasteiger partial charge in [-0.05, 0) is 25.1 Å². The predicted molar refractivity (Wildman–Crippen MR) is 60.9 cm³/mol. The Balaban J connectivity index is 2.30. The molecule has 2 rings (SSSR count). The molecule has 0 amide bonds. The topological polar surface area (TPSA) is 52.6 Å². The largest absolute Gasteiger partial charge is 0.466 e. The van der Waals surface area contributed by atoms with Gasteiger partial charge >= 0.3 is 18.1 Å². The molecule has 1 heterocycles. The minimum Gasteiger partial charge on any atom is -0.466 e. The zero-order valence-electron chi connectivity index (χ0n) is 10.5. The van der Waals surface area contributed by atoms with Crippen LogP contribution in [0.5, 0.6) is 0 Å². The summed E-state index contributed by atoms with van der Waals surface area (Å²) in [4.78, 5) is 22.9. The van der Waals surface area contributed by atoms with Crippen LogP contribution in [0.15, 0.2) is 18.2 Å². The Kier molecular flexibility index (Phi) is 3.69. The van der Waals surface area contributed by atoms with E-state index in [0.29, 0.717) is 0 Å². The van der Waals surface area contributed by atoms with Crippen molar-refractivity contribution in [1.82, 2.24) is 0 Å². The second-order valence-corrected chi connectivity index (χ2v) is 4.20. The van der Waals surface area contributed by atoms with Crippen molar-refractivity contribution in [3.63, 3.8) is 0 Å². The Morgan fingerprint density at radius 2 is 2.10 bits per heavy atom. The maximum absolute atomic E-state index is 12.6. The van der Waals surface area contributed by atoms with Crippen molar-refractivity contribution < 1.29 is 32.2 Å². The summed E-state index contributed by atoms with van der Waals surface area (Å²) in [6.07, 6.45) is -5.85. The molecule has 0 N–H and O–H groups in total. The fourth-order valence-electron chi connectivity index (χ4n) is 1.97. The van der Waals surface area contributed by atoms with Gasteiger partial charge in [0, 0.05) is 5.56 Å². The molecule has 0 saturated heterocycles. The van der Waals surface area contributed by atoms with Gasteiger partial charge in [-0.1, -0.05) is 0 Å². The molecule has 1 aromatic rings. The standard InChI is InChI=1S/C13H11F3O4/c1-2-19-11(17)6-10-9-5-7(13(14,15)16)3-4-8(9)12(18)20-10/h3-5,10H,2,6H2,1H3. The van der Waals surface area contributed by atoms with Crippen molar-refractivity contribution in [2.24, 2.45) is 0 Å². The molecular formula is C13H11F3O4. The van der Waals surface area contributed by atoms with E-state index in [1.165, 1.54) is 0 Å². The van der Waals surface area contributed by atoms with Gasteiger partial charge in [-0.25, -0.2) is 4.79 Å². The van der Waals surface area contributed by atoms with E-state index in [9.17, 15) is 22.8 Å². The van der Waals surface area contributed by atoms with Crippen LogP contribution in [0.1, 0.15) is 40.9 Å². The highest BCUT2D eigenvalue weighted by molar-refractivity contribution is 5.94. The molecule has 1 unspecified atom stereocenters. The molecule has 7 heteroatoms. The van der Waals surface area contributed by atoms with E-state index in [2.05, 4.69) is 0 Å². The lowest BCUT2D eigenvalue weighted by Gasteiger charge is -2.11. The van der Waals surface area contributed by atoms with Crippen LogP contribution >= 0.6 is 0 Å². The van der Waals surface area contributed by atoms with Gasteiger partial charge in [0.1, 0.15) is 6.10 Å². The summed E-state index contributed by atoms with van der Waals surface area (Å²) in [6.45, 7) is 1.75. The Hall–Kier alpha value is -2.05. The molecular weight excluding hydrogens is 277 g/mol. The maximum atomic E-state index is 12.6. The van der Waals surface area contributed by atoms with Crippen LogP contribution in [0.3, 0.4) is 0 Å².